The fourth-order valence-corrected chi connectivity index (χ4v) is 1.89. The van der Waals surface area contributed by atoms with Crippen molar-refractivity contribution in [2.75, 3.05) is 11.4 Å². The lowest BCUT2D eigenvalue weighted by Crippen LogP contribution is -2.35. The Morgan fingerprint density at radius 3 is 2.45 bits per heavy atom. The van der Waals surface area contributed by atoms with Gasteiger partial charge in [-0.15, -0.1) is 0 Å². The quantitative estimate of drug-likeness (QED) is 0.876. The molecule has 2 rings (SSSR count). The Balaban J connectivity index is 2.06. The molecule has 1 heterocycles. The zero-order valence-corrected chi connectivity index (χ0v) is 10.9. The highest BCUT2D eigenvalue weighted by Crippen LogP contribution is 2.15. The number of hydrogen-bond acceptors (Lipinski definition) is 3. The zero-order chi connectivity index (χ0) is 14.4. The van der Waals surface area contributed by atoms with Crippen LogP contribution >= 0.6 is 0 Å². The van der Waals surface area contributed by atoms with Crippen LogP contribution in [0.15, 0.2) is 53.1 Å². The lowest BCUT2D eigenvalue weighted by atomic mass is 10.2. The van der Waals surface area contributed by atoms with E-state index < -0.39 is 5.97 Å². The number of aliphatic carboxylic acids is 1. The first kappa shape index (κ1) is 13.9. The maximum absolute atomic E-state index is 12.2. The zero-order valence-electron chi connectivity index (χ0n) is 10.9. The Morgan fingerprint density at radius 1 is 1.10 bits per heavy atom. The lowest BCUT2D eigenvalue weighted by molar-refractivity contribution is -0.136. The summed E-state index contributed by atoms with van der Waals surface area (Å²) in [5.41, 5.74) is 0.583. The van der Waals surface area contributed by atoms with Crippen molar-refractivity contribution < 1.29 is 19.1 Å². The van der Waals surface area contributed by atoms with Crippen LogP contribution in [-0.4, -0.2) is 23.5 Å². The molecule has 1 aromatic carbocycles. The Bertz CT molecular complexity index is 563. The second-order valence-corrected chi connectivity index (χ2v) is 4.29. The van der Waals surface area contributed by atoms with Crippen molar-refractivity contribution in [3.05, 3.63) is 54.5 Å². The standard InChI is InChI=1S/C15H15NO4/c17-14(9-8-13-7-4-10-20-13)16(11-15(18)19)12-5-2-1-3-6-12/h1-7,10H,8-9,11H2,(H,18,19). The summed E-state index contributed by atoms with van der Waals surface area (Å²) in [5.74, 6) is -0.572. The van der Waals surface area contributed by atoms with Gasteiger partial charge in [0.05, 0.1) is 6.26 Å². The molecule has 0 aliphatic heterocycles. The summed E-state index contributed by atoms with van der Waals surface area (Å²) in [6, 6.07) is 12.3. The number of nitrogens with zero attached hydrogens (tertiary/aromatic N) is 1. The van der Waals surface area contributed by atoms with Crippen LogP contribution in [0.2, 0.25) is 0 Å². The molecule has 5 heteroatoms. The Hall–Kier alpha value is -2.56. The van der Waals surface area contributed by atoms with E-state index in [0.717, 1.165) is 0 Å². The molecule has 0 atom stereocenters. The van der Waals surface area contributed by atoms with Crippen LogP contribution in [-0.2, 0) is 16.0 Å². The molecular formula is C15H15NO4. The number of carboxylic acid groups (broad SMARTS) is 1. The van der Waals surface area contributed by atoms with E-state index in [2.05, 4.69) is 0 Å². The van der Waals surface area contributed by atoms with E-state index in [1.807, 2.05) is 6.07 Å². The molecular weight excluding hydrogens is 258 g/mol. The van der Waals surface area contributed by atoms with Gasteiger partial charge in [-0.1, -0.05) is 18.2 Å². The third-order valence-electron chi connectivity index (χ3n) is 2.83. The summed E-state index contributed by atoms with van der Waals surface area (Å²) in [4.78, 5) is 24.4. The molecule has 0 aliphatic rings. The van der Waals surface area contributed by atoms with Crippen LogP contribution in [0, 0.1) is 0 Å². The second kappa shape index (κ2) is 6.56. The van der Waals surface area contributed by atoms with Gasteiger partial charge >= 0.3 is 5.97 Å². The van der Waals surface area contributed by atoms with Crippen molar-refractivity contribution in [1.29, 1.82) is 0 Å². The number of aryl methyl sites for hydroxylation is 1. The monoisotopic (exact) mass is 273 g/mol. The summed E-state index contributed by atoms with van der Waals surface area (Å²) in [6.07, 6.45) is 2.20. The van der Waals surface area contributed by atoms with Crippen LogP contribution in [0.5, 0.6) is 0 Å². The summed E-state index contributed by atoms with van der Waals surface area (Å²) in [5, 5.41) is 8.93. The molecule has 0 spiro atoms. The minimum atomic E-state index is -1.04. The molecule has 0 fully saturated rings. The highest BCUT2D eigenvalue weighted by atomic mass is 16.4. The van der Waals surface area contributed by atoms with Gasteiger partial charge in [-0.3, -0.25) is 9.59 Å². The number of para-hydroxylation sites is 1. The molecule has 0 saturated carbocycles. The van der Waals surface area contributed by atoms with Crippen molar-refractivity contribution in [2.45, 2.75) is 12.8 Å². The number of hydrogen-bond donors (Lipinski definition) is 1. The summed E-state index contributed by atoms with van der Waals surface area (Å²) in [7, 11) is 0. The molecule has 1 aromatic heterocycles. The highest BCUT2D eigenvalue weighted by Gasteiger charge is 2.18. The Labute approximate surface area is 116 Å². The molecule has 0 aliphatic carbocycles. The van der Waals surface area contributed by atoms with Gasteiger partial charge in [0.15, 0.2) is 0 Å². The minimum Gasteiger partial charge on any atom is -0.480 e. The first-order valence-corrected chi connectivity index (χ1v) is 6.26. The first-order valence-electron chi connectivity index (χ1n) is 6.26. The maximum Gasteiger partial charge on any atom is 0.323 e. The van der Waals surface area contributed by atoms with Gasteiger partial charge in [0.1, 0.15) is 12.3 Å². The molecule has 1 N–H and O–H groups in total. The van der Waals surface area contributed by atoms with Crippen LogP contribution in [0.4, 0.5) is 5.69 Å². The van der Waals surface area contributed by atoms with Gasteiger partial charge in [-0.05, 0) is 24.3 Å². The van der Waals surface area contributed by atoms with E-state index in [4.69, 9.17) is 9.52 Å². The first-order chi connectivity index (χ1) is 9.66. The predicted molar refractivity (Wildman–Crippen MR) is 73.5 cm³/mol. The van der Waals surface area contributed by atoms with E-state index in [1.165, 1.54) is 4.90 Å². The van der Waals surface area contributed by atoms with Crippen LogP contribution < -0.4 is 4.90 Å². The number of carbonyl (C=O) groups is 2. The second-order valence-electron chi connectivity index (χ2n) is 4.29. The molecule has 20 heavy (non-hydrogen) atoms. The van der Waals surface area contributed by atoms with E-state index in [9.17, 15) is 9.59 Å². The Kier molecular flexibility index (Phi) is 4.55. The van der Waals surface area contributed by atoms with Gasteiger partial charge in [-0.25, -0.2) is 0 Å². The van der Waals surface area contributed by atoms with Gasteiger partial charge in [0.25, 0.3) is 0 Å². The van der Waals surface area contributed by atoms with Crippen LogP contribution in [0.25, 0.3) is 0 Å². The average Bonchev–Trinajstić information content (AvgIpc) is 2.96. The fraction of sp³-hybridized carbons (Fsp3) is 0.200. The molecule has 0 bridgehead atoms. The molecule has 5 nitrogen and oxygen atoms in total. The largest absolute Gasteiger partial charge is 0.480 e. The summed E-state index contributed by atoms with van der Waals surface area (Å²) in [6.45, 7) is -0.346. The molecule has 0 radical (unpaired) electrons. The number of amides is 1. The Morgan fingerprint density at radius 2 is 1.85 bits per heavy atom. The van der Waals surface area contributed by atoms with E-state index in [1.54, 1.807) is 42.7 Å². The number of carbonyl (C=O) groups excluding carboxylic acids is 1. The third-order valence-corrected chi connectivity index (χ3v) is 2.83. The van der Waals surface area contributed by atoms with Crippen LogP contribution in [0.1, 0.15) is 12.2 Å². The van der Waals surface area contributed by atoms with Crippen molar-refractivity contribution in [1.82, 2.24) is 0 Å². The fourth-order valence-electron chi connectivity index (χ4n) is 1.89. The van der Waals surface area contributed by atoms with Crippen LogP contribution in [0.3, 0.4) is 0 Å². The lowest BCUT2D eigenvalue weighted by Gasteiger charge is -2.20. The smallest absolute Gasteiger partial charge is 0.323 e. The van der Waals surface area contributed by atoms with Crippen molar-refractivity contribution >= 4 is 17.6 Å². The topological polar surface area (TPSA) is 70.8 Å². The normalized spacial score (nSPS) is 10.2. The maximum atomic E-state index is 12.2. The molecule has 1 amide bonds. The number of anilines is 1. The van der Waals surface area contributed by atoms with E-state index in [0.29, 0.717) is 17.9 Å². The molecule has 104 valence electrons. The van der Waals surface area contributed by atoms with Gasteiger partial charge in [0.2, 0.25) is 5.91 Å². The van der Waals surface area contributed by atoms with Gasteiger partial charge < -0.3 is 14.4 Å². The van der Waals surface area contributed by atoms with E-state index in [-0.39, 0.29) is 18.9 Å². The number of furan rings is 1. The predicted octanol–water partition coefficient (Wildman–Crippen LogP) is 2.33. The highest BCUT2D eigenvalue weighted by molar-refractivity contribution is 5.97. The number of carboxylic acids is 1. The van der Waals surface area contributed by atoms with Crippen molar-refractivity contribution in [3.63, 3.8) is 0 Å². The molecule has 0 saturated heterocycles. The summed E-state index contributed by atoms with van der Waals surface area (Å²) >= 11 is 0. The van der Waals surface area contributed by atoms with Crippen molar-refractivity contribution in [3.8, 4) is 0 Å². The van der Waals surface area contributed by atoms with Gasteiger partial charge in [-0.2, -0.15) is 0 Å². The minimum absolute atomic E-state index is 0.204. The van der Waals surface area contributed by atoms with Gasteiger partial charge in [0, 0.05) is 18.5 Å². The summed E-state index contributed by atoms with van der Waals surface area (Å²) < 4.78 is 5.16. The SMILES string of the molecule is O=C(O)CN(C(=O)CCc1ccco1)c1ccccc1. The number of benzene rings is 1. The van der Waals surface area contributed by atoms with Crippen molar-refractivity contribution in [2.24, 2.45) is 0 Å². The average molecular weight is 273 g/mol. The van der Waals surface area contributed by atoms with E-state index >= 15 is 0 Å². The third kappa shape index (κ3) is 3.71. The molecule has 2 aromatic rings. The molecule has 0 unspecified atom stereocenters. The number of rotatable bonds is 6.